The number of rotatable bonds is 4. The largest absolute Gasteiger partial charge is 0.295 e. The quantitative estimate of drug-likeness (QED) is 0.338. The third-order valence-corrected chi connectivity index (χ3v) is 5.30. The summed E-state index contributed by atoms with van der Waals surface area (Å²) in [4.78, 5) is 27.9. The van der Waals surface area contributed by atoms with E-state index in [1.807, 2.05) is 0 Å². The Bertz CT molecular complexity index is 1330. The number of hydrogen-bond donors (Lipinski definition) is 0. The van der Waals surface area contributed by atoms with E-state index in [0.29, 0.717) is 12.4 Å². The molecule has 0 atom stereocenters. The minimum Gasteiger partial charge on any atom is -0.295 e. The highest BCUT2D eigenvalue weighted by Crippen LogP contribution is 2.38. The summed E-state index contributed by atoms with van der Waals surface area (Å²) in [7, 11) is 0. The SMILES string of the molecule is O=Cc1nc(-c2ccc(=O)n(-c3c(F)cccc3F)c2)c(-c2ccc(F)cc2F)s1. The van der Waals surface area contributed by atoms with Gasteiger partial charge in [0.25, 0.3) is 5.56 Å². The van der Waals surface area contributed by atoms with E-state index in [4.69, 9.17) is 0 Å². The Morgan fingerprint density at radius 3 is 2.33 bits per heavy atom. The molecule has 4 aromatic rings. The second-order valence-corrected chi connectivity index (χ2v) is 7.20. The van der Waals surface area contributed by atoms with Gasteiger partial charge in [-0.1, -0.05) is 6.07 Å². The Morgan fingerprint density at radius 1 is 0.933 bits per heavy atom. The lowest BCUT2D eigenvalue weighted by molar-refractivity contribution is 0.112. The molecular formula is C21H10F4N2O2S. The minimum absolute atomic E-state index is 0.00757. The van der Waals surface area contributed by atoms with Crippen molar-refractivity contribution >= 4 is 17.6 Å². The molecule has 0 amide bonds. The molecule has 0 fully saturated rings. The van der Waals surface area contributed by atoms with Crippen LogP contribution in [-0.2, 0) is 0 Å². The molecule has 0 radical (unpaired) electrons. The first-order valence-electron chi connectivity index (χ1n) is 8.48. The van der Waals surface area contributed by atoms with Gasteiger partial charge in [-0.2, -0.15) is 0 Å². The Hall–Kier alpha value is -3.59. The molecular weight excluding hydrogens is 420 g/mol. The van der Waals surface area contributed by atoms with E-state index < -0.39 is 34.5 Å². The van der Waals surface area contributed by atoms with Crippen molar-refractivity contribution in [1.82, 2.24) is 9.55 Å². The minimum atomic E-state index is -0.953. The highest BCUT2D eigenvalue weighted by Gasteiger charge is 2.20. The third kappa shape index (κ3) is 3.43. The molecule has 0 spiro atoms. The number of benzene rings is 2. The Balaban J connectivity index is 1.95. The van der Waals surface area contributed by atoms with Gasteiger partial charge in [-0.25, -0.2) is 22.5 Å². The maximum Gasteiger partial charge on any atom is 0.255 e. The van der Waals surface area contributed by atoms with Crippen LogP contribution in [0, 0.1) is 23.3 Å². The number of hydrogen-bond acceptors (Lipinski definition) is 4. The number of aromatic nitrogens is 2. The van der Waals surface area contributed by atoms with Crippen molar-refractivity contribution in [3.05, 3.63) is 93.4 Å². The number of nitrogens with zero attached hydrogens (tertiary/aromatic N) is 2. The van der Waals surface area contributed by atoms with Gasteiger partial charge in [-0.15, -0.1) is 11.3 Å². The van der Waals surface area contributed by atoms with Gasteiger partial charge >= 0.3 is 0 Å². The number of thiazole rings is 1. The monoisotopic (exact) mass is 430 g/mol. The van der Waals surface area contributed by atoms with Gasteiger partial charge in [0.15, 0.2) is 11.3 Å². The van der Waals surface area contributed by atoms with Gasteiger partial charge < -0.3 is 0 Å². The molecule has 2 heterocycles. The molecule has 9 heteroatoms. The molecule has 0 aliphatic carbocycles. The van der Waals surface area contributed by atoms with E-state index >= 15 is 0 Å². The molecule has 0 saturated carbocycles. The molecule has 150 valence electrons. The summed E-state index contributed by atoms with van der Waals surface area (Å²) in [6.45, 7) is 0. The van der Waals surface area contributed by atoms with Crippen molar-refractivity contribution in [2.45, 2.75) is 0 Å². The molecule has 0 N–H and O–H groups in total. The maximum absolute atomic E-state index is 14.4. The van der Waals surface area contributed by atoms with E-state index in [9.17, 15) is 27.2 Å². The summed E-state index contributed by atoms with van der Waals surface area (Å²) in [6.07, 6.45) is 1.62. The van der Waals surface area contributed by atoms with Crippen molar-refractivity contribution < 1.29 is 22.4 Å². The number of para-hydroxylation sites is 1. The van der Waals surface area contributed by atoms with E-state index in [0.717, 1.165) is 52.4 Å². The van der Waals surface area contributed by atoms with Gasteiger partial charge in [0, 0.05) is 29.5 Å². The van der Waals surface area contributed by atoms with Gasteiger partial charge in [0.05, 0.1) is 10.6 Å². The predicted molar refractivity (Wildman–Crippen MR) is 104 cm³/mol. The number of halogens is 4. The van der Waals surface area contributed by atoms with E-state index in [-0.39, 0.29) is 26.7 Å². The summed E-state index contributed by atoms with van der Waals surface area (Å²) in [5, 5.41) is 0.0125. The fraction of sp³-hybridized carbons (Fsp3) is 0. The first-order valence-corrected chi connectivity index (χ1v) is 9.29. The average Bonchev–Trinajstić information content (AvgIpc) is 3.13. The first kappa shape index (κ1) is 19.7. The van der Waals surface area contributed by atoms with Crippen LogP contribution < -0.4 is 5.56 Å². The smallest absolute Gasteiger partial charge is 0.255 e. The predicted octanol–water partition coefficient (Wildman–Crippen LogP) is 5.00. The van der Waals surface area contributed by atoms with Crippen molar-refractivity contribution in [3.63, 3.8) is 0 Å². The molecule has 30 heavy (non-hydrogen) atoms. The fourth-order valence-electron chi connectivity index (χ4n) is 2.96. The lowest BCUT2D eigenvalue weighted by Gasteiger charge is -2.10. The van der Waals surface area contributed by atoms with Crippen molar-refractivity contribution in [2.75, 3.05) is 0 Å². The van der Waals surface area contributed by atoms with Crippen LogP contribution in [0.2, 0.25) is 0 Å². The lowest BCUT2D eigenvalue weighted by atomic mass is 10.1. The van der Waals surface area contributed by atoms with Crippen LogP contribution >= 0.6 is 11.3 Å². The highest BCUT2D eigenvalue weighted by atomic mass is 32.1. The van der Waals surface area contributed by atoms with Crippen molar-refractivity contribution in [1.29, 1.82) is 0 Å². The number of pyridine rings is 1. The number of carbonyl (C=O) groups excluding carboxylic acids is 1. The first-order chi connectivity index (χ1) is 14.4. The second-order valence-electron chi connectivity index (χ2n) is 6.17. The summed E-state index contributed by atoms with van der Waals surface area (Å²) in [5.74, 6) is -3.55. The van der Waals surface area contributed by atoms with Crippen molar-refractivity contribution in [3.8, 4) is 27.4 Å². The van der Waals surface area contributed by atoms with E-state index in [1.54, 1.807) is 0 Å². The zero-order chi connectivity index (χ0) is 21.4. The van der Waals surface area contributed by atoms with Gasteiger partial charge in [0.1, 0.15) is 29.0 Å². The van der Waals surface area contributed by atoms with Crippen LogP contribution in [0.4, 0.5) is 17.6 Å². The standard InChI is InChI=1S/C21H10F4N2O2S/c22-12-5-6-13(16(25)8-12)21-19(26-17(10-28)30-21)11-4-7-18(29)27(9-11)20-14(23)2-1-3-15(20)24/h1-10H. The molecule has 4 rings (SSSR count). The van der Waals surface area contributed by atoms with Gasteiger partial charge in [0.2, 0.25) is 0 Å². The zero-order valence-corrected chi connectivity index (χ0v) is 15.7. The van der Waals surface area contributed by atoms with Crippen LogP contribution in [0.3, 0.4) is 0 Å². The highest BCUT2D eigenvalue weighted by molar-refractivity contribution is 7.17. The Morgan fingerprint density at radius 2 is 1.67 bits per heavy atom. The van der Waals surface area contributed by atoms with Crippen LogP contribution in [0.5, 0.6) is 0 Å². The molecule has 2 aromatic carbocycles. The maximum atomic E-state index is 14.4. The van der Waals surface area contributed by atoms with Crippen molar-refractivity contribution in [2.24, 2.45) is 0 Å². The molecule has 0 unspecified atom stereocenters. The summed E-state index contributed by atoms with van der Waals surface area (Å²) in [5.41, 5.74) is -0.974. The summed E-state index contributed by atoms with van der Waals surface area (Å²) >= 11 is 0.862. The molecule has 2 aromatic heterocycles. The van der Waals surface area contributed by atoms with Crippen LogP contribution in [0.15, 0.2) is 59.5 Å². The molecule has 0 bridgehead atoms. The number of aldehydes is 1. The van der Waals surface area contributed by atoms with E-state index in [2.05, 4.69) is 4.98 Å². The van der Waals surface area contributed by atoms with Crippen LogP contribution in [0.25, 0.3) is 27.4 Å². The molecule has 0 saturated heterocycles. The summed E-state index contributed by atoms with van der Waals surface area (Å²) < 4.78 is 56.8. The number of carbonyl (C=O) groups is 1. The van der Waals surface area contributed by atoms with Crippen LogP contribution in [0.1, 0.15) is 9.80 Å². The lowest BCUT2D eigenvalue weighted by Crippen LogP contribution is -2.19. The summed E-state index contributed by atoms with van der Waals surface area (Å²) in [6, 6.07) is 8.53. The normalized spacial score (nSPS) is 10.9. The molecule has 0 aliphatic rings. The average molecular weight is 430 g/mol. The zero-order valence-electron chi connectivity index (χ0n) is 14.9. The third-order valence-electron chi connectivity index (χ3n) is 4.28. The van der Waals surface area contributed by atoms with Crippen LogP contribution in [-0.4, -0.2) is 15.8 Å². The molecule has 0 aliphatic heterocycles. The second kappa shape index (κ2) is 7.68. The topological polar surface area (TPSA) is 52.0 Å². The Labute approximate surface area is 170 Å². The Kier molecular flexibility index (Phi) is 5.04. The fourth-order valence-corrected chi connectivity index (χ4v) is 3.89. The van der Waals surface area contributed by atoms with E-state index in [1.165, 1.54) is 12.1 Å². The van der Waals surface area contributed by atoms with Gasteiger partial charge in [-0.3, -0.25) is 14.2 Å². The molecule has 4 nitrogen and oxygen atoms in total. The van der Waals surface area contributed by atoms with Gasteiger partial charge in [-0.05, 0) is 30.3 Å².